The summed E-state index contributed by atoms with van der Waals surface area (Å²) < 4.78 is 16.4. The van der Waals surface area contributed by atoms with Crippen molar-refractivity contribution < 1.29 is 24.1 Å². The Balaban J connectivity index is 1.86. The van der Waals surface area contributed by atoms with Crippen molar-refractivity contribution in [3.63, 3.8) is 0 Å². The number of fused-ring (bicyclic) bond motifs is 1. The van der Waals surface area contributed by atoms with Crippen molar-refractivity contribution >= 4 is 11.9 Å². The Morgan fingerprint density at radius 1 is 1.00 bits per heavy atom. The maximum Gasteiger partial charge on any atom is 0.231 e. The van der Waals surface area contributed by atoms with Crippen LogP contribution >= 0.6 is 0 Å². The van der Waals surface area contributed by atoms with Gasteiger partial charge in [-0.15, -0.1) is 0 Å². The Labute approximate surface area is 190 Å². The van der Waals surface area contributed by atoms with Gasteiger partial charge in [-0.25, -0.2) is 0 Å². The molecule has 1 N–H and O–H groups in total. The van der Waals surface area contributed by atoms with E-state index in [1.54, 1.807) is 32.4 Å². The van der Waals surface area contributed by atoms with Gasteiger partial charge >= 0.3 is 0 Å². The predicted octanol–water partition coefficient (Wildman–Crippen LogP) is 4.40. The molecule has 1 heterocycles. The number of ketones is 1. The van der Waals surface area contributed by atoms with Crippen LogP contribution in [0.15, 0.2) is 42.2 Å². The lowest BCUT2D eigenvalue weighted by molar-refractivity contribution is 0.101. The van der Waals surface area contributed by atoms with Crippen LogP contribution in [0.1, 0.15) is 47.8 Å². The molecule has 0 saturated carbocycles. The molecule has 0 spiro atoms. The predicted molar refractivity (Wildman–Crippen MR) is 125 cm³/mol. The SMILES string of the molecule is COCCN(CCOC)Cc1c(O)ccc2c1O/C(=C/c1ccc(C(C)(C)C)cc1)C2=O. The molecule has 0 bridgehead atoms. The number of ether oxygens (including phenoxy) is 3. The molecule has 1 aliphatic heterocycles. The number of carbonyl (C=O) groups excluding carboxylic acids is 1. The van der Waals surface area contributed by atoms with Crippen molar-refractivity contribution in [2.45, 2.75) is 32.7 Å². The second kappa shape index (κ2) is 10.3. The van der Waals surface area contributed by atoms with E-state index < -0.39 is 0 Å². The van der Waals surface area contributed by atoms with E-state index in [4.69, 9.17) is 14.2 Å². The number of hydrogen-bond donors (Lipinski definition) is 1. The Kier molecular flexibility index (Phi) is 7.72. The molecule has 2 aromatic carbocycles. The second-order valence-corrected chi connectivity index (χ2v) is 9.01. The van der Waals surface area contributed by atoms with Crippen LogP contribution < -0.4 is 4.74 Å². The molecule has 0 atom stereocenters. The minimum atomic E-state index is -0.179. The fourth-order valence-corrected chi connectivity index (χ4v) is 3.61. The molecule has 0 fully saturated rings. The van der Waals surface area contributed by atoms with Crippen molar-refractivity contribution in [1.29, 1.82) is 0 Å². The number of methoxy groups -OCH3 is 2. The number of carbonyl (C=O) groups is 1. The number of rotatable bonds is 9. The summed E-state index contributed by atoms with van der Waals surface area (Å²) in [5, 5.41) is 10.5. The third-order valence-electron chi connectivity index (χ3n) is 5.60. The van der Waals surface area contributed by atoms with Gasteiger partial charge in [0.25, 0.3) is 0 Å². The van der Waals surface area contributed by atoms with Gasteiger partial charge in [-0.3, -0.25) is 9.69 Å². The number of Topliss-reactive ketones (excluding diaryl/α,β-unsaturated/α-hetero) is 1. The highest BCUT2D eigenvalue weighted by Gasteiger charge is 2.31. The Morgan fingerprint density at radius 2 is 1.62 bits per heavy atom. The zero-order chi connectivity index (χ0) is 23.3. The lowest BCUT2D eigenvalue weighted by Crippen LogP contribution is -2.30. The second-order valence-electron chi connectivity index (χ2n) is 9.01. The number of nitrogens with zero attached hydrogens (tertiary/aromatic N) is 1. The molecule has 3 rings (SSSR count). The lowest BCUT2D eigenvalue weighted by atomic mass is 9.86. The maximum atomic E-state index is 13.0. The minimum absolute atomic E-state index is 0.0610. The fourth-order valence-electron chi connectivity index (χ4n) is 3.61. The summed E-state index contributed by atoms with van der Waals surface area (Å²) >= 11 is 0. The van der Waals surface area contributed by atoms with E-state index in [0.717, 1.165) is 5.56 Å². The van der Waals surface area contributed by atoms with E-state index in [2.05, 4.69) is 37.8 Å². The van der Waals surface area contributed by atoms with Crippen LogP contribution in [-0.2, 0) is 21.4 Å². The summed E-state index contributed by atoms with van der Waals surface area (Å²) in [5.41, 5.74) is 3.23. The number of phenolic OH excluding ortho intramolecular Hbond substituents is 1. The molecule has 6 heteroatoms. The van der Waals surface area contributed by atoms with Crippen LogP contribution in [0.2, 0.25) is 0 Å². The first-order valence-corrected chi connectivity index (χ1v) is 10.8. The first-order valence-electron chi connectivity index (χ1n) is 10.8. The summed E-state index contributed by atoms with van der Waals surface area (Å²) in [7, 11) is 3.30. The average Bonchev–Trinajstić information content (AvgIpc) is 3.07. The van der Waals surface area contributed by atoms with Gasteiger partial charge in [0.05, 0.1) is 24.3 Å². The van der Waals surface area contributed by atoms with Gasteiger partial charge in [0.2, 0.25) is 5.78 Å². The monoisotopic (exact) mass is 439 g/mol. The van der Waals surface area contributed by atoms with Crippen molar-refractivity contribution in [3.8, 4) is 11.5 Å². The van der Waals surface area contributed by atoms with Gasteiger partial charge in [-0.1, -0.05) is 45.0 Å². The topological polar surface area (TPSA) is 68.2 Å². The maximum absolute atomic E-state index is 13.0. The molecular formula is C26H33NO5. The van der Waals surface area contributed by atoms with Crippen LogP contribution in [0, 0.1) is 0 Å². The number of aromatic hydroxyl groups is 1. The summed E-state index contributed by atoms with van der Waals surface area (Å²) in [6.45, 7) is 9.35. The van der Waals surface area contributed by atoms with E-state index in [0.29, 0.717) is 49.7 Å². The van der Waals surface area contributed by atoms with Crippen molar-refractivity contribution in [2.75, 3.05) is 40.5 Å². The fraction of sp³-hybridized carbons (Fsp3) is 0.423. The summed E-state index contributed by atoms with van der Waals surface area (Å²) in [5.74, 6) is 0.608. The summed E-state index contributed by atoms with van der Waals surface area (Å²) in [6.07, 6.45) is 1.75. The zero-order valence-corrected chi connectivity index (χ0v) is 19.6. The van der Waals surface area contributed by atoms with Crippen molar-refractivity contribution in [3.05, 3.63) is 64.4 Å². The van der Waals surface area contributed by atoms with Gasteiger partial charge in [0, 0.05) is 33.9 Å². The van der Waals surface area contributed by atoms with Gasteiger partial charge in [0.15, 0.2) is 5.76 Å². The smallest absolute Gasteiger partial charge is 0.231 e. The molecule has 6 nitrogen and oxygen atoms in total. The summed E-state index contributed by atoms with van der Waals surface area (Å²) in [4.78, 5) is 15.1. The largest absolute Gasteiger partial charge is 0.507 e. The van der Waals surface area contributed by atoms with E-state index in [9.17, 15) is 9.90 Å². The Hall–Kier alpha value is -2.67. The summed E-state index contributed by atoms with van der Waals surface area (Å²) in [6, 6.07) is 11.3. The van der Waals surface area contributed by atoms with E-state index >= 15 is 0 Å². The zero-order valence-electron chi connectivity index (χ0n) is 19.6. The third kappa shape index (κ3) is 5.57. The molecule has 0 amide bonds. The number of hydrogen-bond acceptors (Lipinski definition) is 6. The molecule has 1 aliphatic rings. The standard InChI is InChI=1S/C26H33NO5/c1-26(2,3)19-8-6-18(7-9-19)16-23-24(29)20-10-11-22(28)21(25(20)32-23)17-27(12-14-30-4)13-15-31-5/h6-11,16,28H,12-15,17H2,1-5H3/b23-16+. The van der Waals surface area contributed by atoms with Gasteiger partial charge in [-0.2, -0.15) is 0 Å². The first-order chi connectivity index (χ1) is 15.2. The van der Waals surface area contributed by atoms with Crippen molar-refractivity contribution in [1.82, 2.24) is 4.90 Å². The highest BCUT2D eigenvalue weighted by Crippen LogP contribution is 2.40. The first kappa shape index (κ1) is 24.0. The number of benzene rings is 2. The van der Waals surface area contributed by atoms with Crippen LogP contribution in [0.4, 0.5) is 0 Å². The highest BCUT2D eigenvalue weighted by molar-refractivity contribution is 6.15. The molecule has 0 aromatic heterocycles. The number of phenols is 1. The van der Waals surface area contributed by atoms with E-state index in [1.165, 1.54) is 5.56 Å². The van der Waals surface area contributed by atoms with Gasteiger partial charge < -0.3 is 19.3 Å². The number of allylic oxidation sites excluding steroid dienone is 1. The highest BCUT2D eigenvalue weighted by atomic mass is 16.5. The molecule has 0 unspecified atom stereocenters. The molecule has 0 saturated heterocycles. The Bertz CT molecular complexity index is 965. The molecular weight excluding hydrogens is 406 g/mol. The normalized spacial score (nSPS) is 14.8. The van der Waals surface area contributed by atoms with E-state index in [-0.39, 0.29) is 22.7 Å². The van der Waals surface area contributed by atoms with Gasteiger partial charge in [-0.05, 0) is 34.8 Å². The quantitative estimate of drug-likeness (QED) is 0.584. The van der Waals surface area contributed by atoms with Crippen LogP contribution in [0.25, 0.3) is 6.08 Å². The van der Waals surface area contributed by atoms with Crippen molar-refractivity contribution in [2.24, 2.45) is 0 Å². The molecule has 2 aromatic rings. The third-order valence-corrected chi connectivity index (χ3v) is 5.60. The van der Waals surface area contributed by atoms with Gasteiger partial charge in [0.1, 0.15) is 11.5 Å². The van der Waals surface area contributed by atoms with E-state index in [1.807, 2.05) is 12.1 Å². The van der Waals surface area contributed by atoms with Crippen LogP contribution in [-0.4, -0.2) is 56.3 Å². The Morgan fingerprint density at radius 3 is 2.19 bits per heavy atom. The minimum Gasteiger partial charge on any atom is -0.507 e. The molecule has 32 heavy (non-hydrogen) atoms. The lowest BCUT2D eigenvalue weighted by Gasteiger charge is -2.23. The van der Waals surface area contributed by atoms with Crippen LogP contribution in [0.5, 0.6) is 11.5 Å². The van der Waals surface area contributed by atoms with Crippen LogP contribution in [0.3, 0.4) is 0 Å². The average molecular weight is 440 g/mol. The molecule has 0 radical (unpaired) electrons. The molecule has 172 valence electrons. The molecule has 0 aliphatic carbocycles.